The molecule has 20 heavy (non-hydrogen) atoms. The Morgan fingerprint density at radius 1 is 1.05 bits per heavy atom. The van der Waals surface area contributed by atoms with E-state index in [1.54, 1.807) is 0 Å². The van der Waals surface area contributed by atoms with E-state index in [0.29, 0.717) is 6.04 Å². The minimum atomic E-state index is 0.497. The lowest BCUT2D eigenvalue weighted by Gasteiger charge is -2.51. The summed E-state index contributed by atoms with van der Waals surface area (Å²) in [4.78, 5) is 0. The number of nitrogens with two attached hydrogens (primary N) is 1. The van der Waals surface area contributed by atoms with Gasteiger partial charge >= 0.3 is 0 Å². The van der Waals surface area contributed by atoms with E-state index in [1.807, 2.05) is 0 Å². The van der Waals surface area contributed by atoms with Crippen molar-refractivity contribution < 1.29 is 0 Å². The number of piperidine rings is 1. The van der Waals surface area contributed by atoms with Gasteiger partial charge in [0, 0.05) is 12.1 Å². The highest BCUT2D eigenvalue weighted by Gasteiger charge is 2.44. The maximum absolute atomic E-state index is 6.22. The van der Waals surface area contributed by atoms with Crippen molar-refractivity contribution in [3.05, 3.63) is 0 Å². The lowest BCUT2D eigenvalue weighted by Crippen LogP contribution is -2.52. The topological polar surface area (TPSA) is 38.0 Å². The van der Waals surface area contributed by atoms with E-state index >= 15 is 0 Å². The van der Waals surface area contributed by atoms with Gasteiger partial charge in [-0.1, -0.05) is 20.3 Å². The zero-order valence-corrected chi connectivity index (χ0v) is 13.5. The molecule has 1 heterocycles. The van der Waals surface area contributed by atoms with E-state index < -0.39 is 0 Å². The second-order valence-electron chi connectivity index (χ2n) is 7.91. The Hall–Kier alpha value is -0.0800. The molecule has 1 saturated heterocycles. The van der Waals surface area contributed by atoms with Crippen LogP contribution < -0.4 is 11.1 Å². The molecule has 3 rings (SSSR count). The van der Waals surface area contributed by atoms with E-state index in [-0.39, 0.29) is 0 Å². The molecule has 3 N–H and O–H groups in total. The Labute approximate surface area is 125 Å². The quantitative estimate of drug-likeness (QED) is 0.810. The fraction of sp³-hybridized carbons (Fsp3) is 1.00. The standard InChI is InChI=1S/C18H34N2/c1-3-15-16-9-7-14(19)11-13(16)6-8-17(15)18-12(2)5-4-10-20-18/h12-18,20H,3-11,19H2,1-2H3/t12?,13?,14-,15?,16?,17?,18?/m1/s1. The normalized spacial score (nSPS) is 49.6. The smallest absolute Gasteiger partial charge is 0.0124 e. The molecule has 2 nitrogen and oxygen atoms in total. The van der Waals surface area contributed by atoms with E-state index in [9.17, 15) is 0 Å². The average Bonchev–Trinajstić information content (AvgIpc) is 2.46. The van der Waals surface area contributed by atoms with Gasteiger partial charge in [-0.3, -0.25) is 0 Å². The predicted molar refractivity (Wildman–Crippen MR) is 85.5 cm³/mol. The van der Waals surface area contributed by atoms with Crippen LogP contribution in [-0.4, -0.2) is 18.6 Å². The van der Waals surface area contributed by atoms with Gasteiger partial charge in [0.25, 0.3) is 0 Å². The first-order valence-electron chi connectivity index (χ1n) is 9.19. The van der Waals surface area contributed by atoms with Crippen LogP contribution in [0.25, 0.3) is 0 Å². The van der Waals surface area contributed by atoms with Gasteiger partial charge in [0.05, 0.1) is 0 Å². The third kappa shape index (κ3) is 2.78. The van der Waals surface area contributed by atoms with Crippen LogP contribution >= 0.6 is 0 Å². The molecule has 2 aliphatic carbocycles. The predicted octanol–water partition coefficient (Wildman–Crippen LogP) is 3.55. The van der Waals surface area contributed by atoms with Crippen molar-refractivity contribution in [3.8, 4) is 0 Å². The molecule has 3 aliphatic rings. The molecular weight excluding hydrogens is 244 g/mol. The molecule has 7 atom stereocenters. The molecule has 2 saturated carbocycles. The van der Waals surface area contributed by atoms with E-state index in [0.717, 1.165) is 35.6 Å². The zero-order chi connectivity index (χ0) is 14.1. The molecule has 0 aromatic carbocycles. The van der Waals surface area contributed by atoms with Crippen LogP contribution in [0, 0.1) is 29.6 Å². The molecule has 0 spiro atoms. The SMILES string of the molecule is CCC1C2CC[C@@H](N)CC2CCC1C1NCCCC1C. The van der Waals surface area contributed by atoms with Crippen LogP contribution in [0.15, 0.2) is 0 Å². The molecule has 2 heteroatoms. The van der Waals surface area contributed by atoms with Gasteiger partial charge in [0.1, 0.15) is 0 Å². The Kier molecular flexibility index (Phi) is 4.72. The van der Waals surface area contributed by atoms with Gasteiger partial charge < -0.3 is 11.1 Å². The maximum atomic E-state index is 6.22. The highest BCUT2D eigenvalue weighted by atomic mass is 14.9. The summed E-state index contributed by atoms with van der Waals surface area (Å²) in [6, 6.07) is 1.29. The summed E-state index contributed by atoms with van der Waals surface area (Å²) in [6.07, 6.45) is 11.1. The number of rotatable bonds is 2. The lowest BCUT2D eigenvalue weighted by molar-refractivity contribution is 0.0131. The van der Waals surface area contributed by atoms with E-state index in [1.165, 1.54) is 57.9 Å². The Balaban J connectivity index is 1.72. The number of fused-ring (bicyclic) bond motifs is 1. The molecule has 116 valence electrons. The Bertz CT molecular complexity index is 317. The zero-order valence-electron chi connectivity index (χ0n) is 13.5. The van der Waals surface area contributed by atoms with Gasteiger partial charge in [-0.2, -0.15) is 0 Å². The third-order valence-corrected chi connectivity index (χ3v) is 6.81. The van der Waals surface area contributed by atoms with E-state index in [4.69, 9.17) is 5.73 Å². The third-order valence-electron chi connectivity index (χ3n) is 6.81. The van der Waals surface area contributed by atoms with Crippen molar-refractivity contribution in [3.63, 3.8) is 0 Å². The van der Waals surface area contributed by atoms with Crippen molar-refractivity contribution in [1.82, 2.24) is 5.32 Å². The summed E-state index contributed by atoms with van der Waals surface area (Å²) < 4.78 is 0. The second-order valence-corrected chi connectivity index (χ2v) is 7.91. The molecule has 6 unspecified atom stereocenters. The molecule has 0 radical (unpaired) electrons. The first kappa shape index (κ1) is 14.8. The summed E-state index contributed by atoms with van der Waals surface area (Å²) in [7, 11) is 0. The summed E-state index contributed by atoms with van der Waals surface area (Å²) in [5.41, 5.74) is 6.22. The molecule has 0 aromatic heterocycles. The van der Waals surface area contributed by atoms with Gasteiger partial charge in [-0.05, 0) is 81.1 Å². The lowest BCUT2D eigenvalue weighted by atomic mass is 9.57. The van der Waals surface area contributed by atoms with Crippen LogP contribution in [-0.2, 0) is 0 Å². The van der Waals surface area contributed by atoms with E-state index in [2.05, 4.69) is 19.2 Å². The Morgan fingerprint density at radius 3 is 2.60 bits per heavy atom. The van der Waals surface area contributed by atoms with Crippen molar-refractivity contribution in [2.75, 3.05) is 6.54 Å². The average molecular weight is 278 g/mol. The van der Waals surface area contributed by atoms with Crippen LogP contribution in [0.1, 0.15) is 65.2 Å². The molecule has 0 amide bonds. The Morgan fingerprint density at radius 2 is 1.85 bits per heavy atom. The molecule has 3 fully saturated rings. The fourth-order valence-corrected chi connectivity index (χ4v) is 5.86. The van der Waals surface area contributed by atoms with Crippen molar-refractivity contribution in [1.29, 1.82) is 0 Å². The minimum Gasteiger partial charge on any atom is -0.328 e. The van der Waals surface area contributed by atoms with Crippen LogP contribution in [0.5, 0.6) is 0 Å². The first-order valence-corrected chi connectivity index (χ1v) is 9.19. The minimum absolute atomic E-state index is 0.497. The van der Waals surface area contributed by atoms with Gasteiger partial charge in [-0.25, -0.2) is 0 Å². The fourth-order valence-electron chi connectivity index (χ4n) is 5.86. The van der Waals surface area contributed by atoms with Crippen molar-refractivity contribution >= 4 is 0 Å². The van der Waals surface area contributed by atoms with Crippen LogP contribution in [0.4, 0.5) is 0 Å². The van der Waals surface area contributed by atoms with Crippen molar-refractivity contribution in [2.45, 2.75) is 77.3 Å². The summed E-state index contributed by atoms with van der Waals surface area (Å²) in [6.45, 7) is 6.16. The molecule has 1 aliphatic heterocycles. The van der Waals surface area contributed by atoms with Gasteiger partial charge in [0.2, 0.25) is 0 Å². The molecular formula is C18H34N2. The maximum Gasteiger partial charge on any atom is 0.0124 e. The van der Waals surface area contributed by atoms with Gasteiger partial charge in [0.15, 0.2) is 0 Å². The highest BCUT2D eigenvalue weighted by molar-refractivity contribution is 4.97. The summed E-state index contributed by atoms with van der Waals surface area (Å²) in [5, 5.41) is 3.88. The summed E-state index contributed by atoms with van der Waals surface area (Å²) in [5.74, 6) is 4.70. The molecule has 0 bridgehead atoms. The van der Waals surface area contributed by atoms with Crippen molar-refractivity contribution in [2.24, 2.45) is 35.3 Å². The summed E-state index contributed by atoms with van der Waals surface area (Å²) >= 11 is 0. The monoisotopic (exact) mass is 278 g/mol. The second kappa shape index (κ2) is 6.36. The largest absolute Gasteiger partial charge is 0.328 e. The number of nitrogens with one attached hydrogen (secondary N) is 1. The molecule has 0 aromatic rings. The van der Waals surface area contributed by atoms with Crippen LogP contribution in [0.3, 0.4) is 0 Å². The van der Waals surface area contributed by atoms with Crippen LogP contribution in [0.2, 0.25) is 0 Å². The number of hydrogen-bond donors (Lipinski definition) is 2. The number of hydrogen-bond acceptors (Lipinski definition) is 2. The first-order chi connectivity index (χ1) is 9.70. The highest BCUT2D eigenvalue weighted by Crippen LogP contribution is 2.49. The van der Waals surface area contributed by atoms with Gasteiger partial charge in [-0.15, -0.1) is 0 Å².